The van der Waals surface area contributed by atoms with Crippen LogP contribution in [0.15, 0.2) is 36.4 Å². The number of rotatable bonds is 1. The number of benzene rings is 2. The summed E-state index contributed by atoms with van der Waals surface area (Å²) in [7, 11) is 0. The van der Waals surface area contributed by atoms with E-state index in [-0.39, 0.29) is 0 Å². The SMILES string of the molecule is CC.CC(C)c1ccc(N)c2ccccc12.O=C(O)C(=O)O. The first-order valence-electron chi connectivity index (χ1n) is 7.08. The molecule has 22 heavy (non-hydrogen) atoms. The van der Waals surface area contributed by atoms with E-state index >= 15 is 0 Å². The number of aliphatic carboxylic acids is 2. The van der Waals surface area contributed by atoms with Gasteiger partial charge >= 0.3 is 11.9 Å². The van der Waals surface area contributed by atoms with Crippen LogP contribution in [0.1, 0.15) is 39.2 Å². The topological polar surface area (TPSA) is 101 Å². The number of carboxylic acid groups (broad SMARTS) is 2. The van der Waals surface area contributed by atoms with E-state index in [1.54, 1.807) is 0 Å². The van der Waals surface area contributed by atoms with Crippen LogP contribution in [0, 0.1) is 0 Å². The van der Waals surface area contributed by atoms with Crippen molar-refractivity contribution in [2.75, 3.05) is 5.73 Å². The monoisotopic (exact) mass is 305 g/mol. The van der Waals surface area contributed by atoms with E-state index in [1.807, 2.05) is 26.0 Å². The van der Waals surface area contributed by atoms with Gasteiger partial charge in [-0.05, 0) is 22.9 Å². The molecule has 5 heteroatoms. The third kappa shape index (κ3) is 5.44. The van der Waals surface area contributed by atoms with E-state index in [4.69, 9.17) is 25.5 Å². The van der Waals surface area contributed by atoms with Crippen LogP contribution in [0.25, 0.3) is 10.8 Å². The first-order valence-corrected chi connectivity index (χ1v) is 7.08. The summed E-state index contributed by atoms with van der Waals surface area (Å²) in [4.78, 5) is 18.2. The van der Waals surface area contributed by atoms with Gasteiger partial charge in [-0.3, -0.25) is 0 Å². The van der Waals surface area contributed by atoms with Crippen LogP contribution in [0.5, 0.6) is 0 Å². The summed E-state index contributed by atoms with van der Waals surface area (Å²) < 4.78 is 0. The van der Waals surface area contributed by atoms with E-state index < -0.39 is 11.9 Å². The molecule has 0 heterocycles. The number of nitrogens with two attached hydrogens (primary N) is 1. The van der Waals surface area contributed by atoms with Gasteiger partial charge in [-0.15, -0.1) is 0 Å². The molecule has 0 aliphatic heterocycles. The summed E-state index contributed by atoms with van der Waals surface area (Å²) in [6.07, 6.45) is 0. The molecule has 0 radical (unpaired) electrons. The van der Waals surface area contributed by atoms with Crippen molar-refractivity contribution in [1.29, 1.82) is 0 Å². The summed E-state index contributed by atoms with van der Waals surface area (Å²) in [5.41, 5.74) is 8.16. The number of nitrogen functional groups attached to an aromatic ring is 1. The van der Waals surface area contributed by atoms with Crippen molar-refractivity contribution < 1.29 is 19.8 Å². The van der Waals surface area contributed by atoms with Crippen LogP contribution < -0.4 is 5.73 Å². The van der Waals surface area contributed by atoms with Crippen LogP contribution in [0.2, 0.25) is 0 Å². The van der Waals surface area contributed by atoms with Crippen molar-refractivity contribution in [2.45, 2.75) is 33.6 Å². The zero-order valence-electron chi connectivity index (χ0n) is 13.3. The second kappa shape index (κ2) is 9.39. The molecule has 0 aliphatic rings. The van der Waals surface area contributed by atoms with Crippen molar-refractivity contribution in [3.05, 3.63) is 42.0 Å². The molecule has 0 atom stereocenters. The Hall–Kier alpha value is -2.56. The molecule has 0 unspecified atom stereocenters. The lowest BCUT2D eigenvalue weighted by Crippen LogP contribution is -2.09. The highest BCUT2D eigenvalue weighted by molar-refractivity contribution is 6.27. The van der Waals surface area contributed by atoms with Gasteiger partial charge in [0, 0.05) is 11.1 Å². The lowest BCUT2D eigenvalue weighted by Gasteiger charge is -2.11. The van der Waals surface area contributed by atoms with Gasteiger partial charge in [-0.25, -0.2) is 9.59 Å². The molecule has 0 spiro atoms. The normalized spacial score (nSPS) is 9.32. The van der Waals surface area contributed by atoms with Gasteiger partial charge in [-0.2, -0.15) is 0 Å². The third-order valence-corrected chi connectivity index (χ3v) is 2.80. The van der Waals surface area contributed by atoms with Crippen molar-refractivity contribution >= 4 is 28.4 Å². The van der Waals surface area contributed by atoms with Gasteiger partial charge in [0.25, 0.3) is 0 Å². The molecule has 2 rings (SSSR count). The number of carbonyl (C=O) groups is 2. The Bertz CT molecular complexity index is 624. The predicted molar refractivity (Wildman–Crippen MR) is 89.1 cm³/mol. The van der Waals surface area contributed by atoms with E-state index in [9.17, 15) is 0 Å². The molecule has 2 aromatic rings. The minimum Gasteiger partial charge on any atom is -0.473 e. The fraction of sp³-hybridized carbons (Fsp3) is 0.294. The molecule has 5 nitrogen and oxygen atoms in total. The number of fused-ring (bicyclic) bond motifs is 1. The highest BCUT2D eigenvalue weighted by Crippen LogP contribution is 2.28. The lowest BCUT2D eigenvalue weighted by molar-refractivity contribution is -0.159. The van der Waals surface area contributed by atoms with Crippen LogP contribution in [0.4, 0.5) is 5.69 Å². The number of hydrogen-bond acceptors (Lipinski definition) is 3. The second-order valence-corrected chi connectivity index (χ2v) is 4.55. The number of carboxylic acids is 2. The highest BCUT2D eigenvalue weighted by atomic mass is 16.4. The predicted octanol–water partition coefficient (Wildman–Crippen LogP) is 3.73. The zero-order chi connectivity index (χ0) is 17.3. The summed E-state index contributed by atoms with van der Waals surface area (Å²) >= 11 is 0. The molecule has 0 amide bonds. The third-order valence-electron chi connectivity index (χ3n) is 2.80. The van der Waals surface area contributed by atoms with Crippen LogP contribution >= 0.6 is 0 Å². The Morgan fingerprint density at radius 1 is 0.909 bits per heavy atom. The smallest absolute Gasteiger partial charge is 0.414 e. The fourth-order valence-electron chi connectivity index (χ4n) is 1.85. The van der Waals surface area contributed by atoms with E-state index in [2.05, 4.69) is 38.1 Å². The first kappa shape index (κ1) is 19.4. The average Bonchev–Trinajstić information content (AvgIpc) is 2.50. The quantitative estimate of drug-likeness (QED) is 0.550. The van der Waals surface area contributed by atoms with Crippen molar-refractivity contribution in [2.24, 2.45) is 0 Å². The molecule has 0 bridgehead atoms. The van der Waals surface area contributed by atoms with Crippen molar-refractivity contribution in [1.82, 2.24) is 0 Å². The zero-order valence-corrected chi connectivity index (χ0v) is 13.3. The molecule has 0 saturated carbocycles. The Labute approximate surface area is 130 Å². The van der Waals surface area contributed by atoms with Crippen LogP contribution in [-0.4, -0.2) is 22.2 Å². The van der Waals surface area contributed by atoms with Gasteiger partial charge in [0.1, 0.15) is 0 Å². The van der Waals surface area contributed by atoms with Crippen molar-refractivity contribution in [3.63, 3.8) is 0 Å². The molecule has 120 valence electrons. The minimum absolute atomic E-state index is 0.542. The van der Waals surface area contributed by atoms with Gasteiger partial charge in [-0.1, -0.05) is 58.0 Å². The molecule has 0 aliphatic carbocycles. The van der Waals surface area contributed by atoms with Crippen molar-refractivity contribution in [3.8, 4) is 0 Å². The standard InChI is InChI=1S/C13H15N.C2H2O4.C2H6/c1-9(2)10-7-8-13(14)12-6-4-3-5-11(10)12;3-1(4)2(5)6;1-2/h3-9H,14H2,1-2H3;(H,3,4)(H,5,6);1-2H3. The summed E-state index contributed by atoms with van der Waals surface area (Å²) in [5.74, 6) is -3.11. The Morgan fingerprint density at radius 2 is 1.36 bits per heavy atom. The maximum absolute atomic E-state index is 9.10. The molecular formula is C17H23NO4. The molecule has 2 aromatic carbocycles. The van der Waals surface area contributed by atoms with Crippen LogP contribution in [-0.2, 0) is 9.59 Å². The van der Waals surface area contributed by atoms with E-state index in [0.29, 0.717) is 5.92 Å². The maximum Gasteiger partial charge on any atom is 0.414 e. The van der Waals surface area contributed by atoms with Gasteiger partial charge in [0.05, 0.1) is 0 Å². The average molecular weight is 305 g/mol. The summed E-state index contributed by atoms with van der Waals surface area (Å²) in [6, 6.07) is 12.4. The molecule has 0 saturated heterocycles. The number of hydrogen-bond donors (Lipinski definition) is 3. The minimum atomic E-state index is -1.82. The van der Waals surface area contributed by atoms with Gasteiger partial charge < -0.3 is 15.9 Å². The fourth-order valence-corrected chi connectivity index (χ4v) is 1.85. The van der Waals surface area contributed by atoms with E-state index in [1.165, 1.54) is 16.3 Å². The lowest BCUT2D eigenvalue weighted by atomic mass is 9.95. The number of anilines is 1. The Kier molecular flexibility index (Phi) is 8.30. The largest absolute Gasteiger partial charge is 0.473 e. The maximum atomic E-state index is 9.10. The highest BCUT2D eigenvalue weighted by Gasteiger charge is 2.06. The molecular weight excluding hydrogens is 282 g/mol. The molecule has 0 fully saturated rings. The molecule has 0 aromatic heterocycles. The Balaban J connectivity index is 0.000000470. The second-order valence-electron chi connectivity index (χ2n) is 4.55. The van der Waals surface area contributed by atoms with Gasteiger partial charge in [0.15, 0.2) is 0 Å². The Morgan fingerprint density at radius 3 is 1.77 bits per heavy atom. The molecule has 4 N–H and O–H groups in total. The van der Waals surface area contributed by atoms with E-state index in [0.717, 1.165) is 5.69 Å². The first-order chi connectivity index (χ1) is 10.3. The van der Waals surface area contributed by atoms with Crippen LogP contribution in [0.3, 0.4) is 0 Å². The summed E-state index contributed by atoms with van der Waals surface area (Å²) in [6.45, 7) is 8.41. The summed E-state index contributed by atoms with van der Waals surface area (Å²) in [5, 5.41) is 17.2. The van der Waals surface area contributed by atoms with Gasteiger partial charge in [0.2, 0.25) is 0 Å².